The second-order valence-corrected chi connectivity index (χ2v) is 19.1. The number of hydrogen-bond donors (Lipinski definition) is 4. The number of aliphatic carboxylic acids is 2. The van der Waals surface area contributed by atoms with Gasteiger partial charge in [-0.1, -0.05) is 105 Å². The van der Waals surface area contributed by atoms with Gasteiger partial charge in [0.1, 0.15) is 6.61 Å². The molecule has 1 aromatic rings. The van der Waals surface area contributed by atoms with E-state index in [1.807, 2.05) is 45.9 Å². The first kappa shape index (κ1) is 50.4. The first-order chi connectivity index (χ1) is 30.9. The van der Waals surface area contributed by atoms with Crippen molar-refractivity contribution in [3.63, 3.8) is 0 Å². The fraction of sp³-hybridized carbons (Fsp3) is 0.519. The van der Waals surface area contributed by atoms with E-state index in [-0.39, 0.29) is 53.3 Å². The molecule has 65 heavy (non-hydrogen) atoms. The number of carbonyl (C=O) groups is 3. The third-order valence-electron chi connectivity index (χ3n) is 13.7. The number of carbonyl (C=O) groups excluding carboxylic acids is 1. The Hall–Kier alpha value is -5.58. The summed E-state index contributed by atoms with van der Waals surface area (Å²) in [6, 6.07) is 0. The molecule has 0 fully saturated rings. The molecule has 0 radical (unpaired) electrons. The SMILES string of the molecule is C=Cc1c2[nH]c(c1C)C=C1N=C(/C(=C(/O)C(=O)O)C3=NC(=CC4=NC(=C2)C(C)=C4CC)C(C)=C3C(=O)O)[C@@H](CCC(=O)OC/C=C(\C)CCC[C@H](C)CCC[C@H](C)CCCC(C)C)[C@@H]1C. The van der Waals surface area contributed by atoms with Crippen LogP contribution in [0.2, 0.25) is 0 Å². The van der Waals surface area contributed by atoms with Crippen LogP contribution in [0.1, 0.15) is 162 Å². The van der Waals surface area contributed by atoms with Crippen LogP contribution in [0, 0.1) is 36.5 Å². The number of aromatic nitrogens is 1. The third-order valence-corrected chi connectivity index (χ3v) is 13.7. The predicted octanol–water partition coefficient (Wildman–Crippen LogP) is 12.9. The van der Waals surface area contributed by atoms with Gasteiger partial charge in [0.05, 0.1) is 39.7 Å². The number of H-pyrrole nitrogens is 1. The number of carboxylic acids is 2. The van der Waals surface area contributed by atoms with Crippen LogP contribution in [-0.4, -0.2) is 62.0 Å². The van der Waals surface area contributed by atoms with Gasteiger partial charge in [0.2, 0.25) is 5.76 Å². The van der Waals surface area contributed by atoms with Crippen LogP contribution in [0.5, 0.6) is 0 Å². The molecule has 5 rings (SSSR count). The molecule has 5 heterocycles. The first-order valence-corrected chi connectivity index (χ1v) is 23.8. The van der Waals surface area contributed by atoms with Crippen molar-refractivity contribution in [2.45, 2.75) is 146 Å². The minimum atomic E-state index is -1.67. The molecule has 0 unspecified atom stereocenters. The van der Waals surface area contributed by atoms with Gasteiger partial charge < -0.3 is 25.0 Å². The van der Waals surface area contributed by atoms with E-state index < -0.39 is 35.5 Å². The van der Waals surface area contributed by atoms with Crippen LogP contribution in [0.4, 0.5) is 0 Å². The minimum absolute atomic E-state index is 0.0212. The van der Waals surface area contributed by atoms with Crippen molar-refractivity contribution in [1.82, 2.24) is 4.98 Å². The normalized spacial score (nSPS) is 20.3. The molecule has 0 saturated carbocycles. The number of allylic oxidation sites excluding steroid dienone is 7. The molecule has 4 atom stereocenters. The Bertz CT molecular complexity index is 2370. The van der Waals surface area contributed by atoms with Crippen molar-refractivity contribution in [2.24, 2.45) is 44.6 Å². The summed E-state index contributed by atoms with van der Waals surface area (Å²) in [5.41, 5.74) is 8.23. The number of nitrogens with one attached hydrogen (secondary N) is 1. The van der Waals surface area contributed by atoms with Gasteiger partial charge in [0.25, 0.3) is 0 Å². The zero-order valence-electron chi connectivity index (χ0n) is 40.5. The van der Waals surface area contributed by atoms with Crippen LogP contribution in [0.15, 0.2) is 90.0 Å². The molecule has 4 aliphatic heterocycles. The maximum absolute atomic E-state index is 13.4. The van der Waals surface area contributed by atoms with Gasteiger partial charge in [-0.25, -0.2) is 19.6 Å². The maximum atomic E-state index is 13.4. The first-order valence-electron chi connectivity index (χ1n) is 23.8. The van der Waals surface area contributed by atoms with Crippen LogP contribution < -0.4 is 0 Å². The average molecular weight is 889 g/mol. The van der Waals surface area contributed by atoms with Gasteiger partial charge in [0, 0.05) is 40.9 Å². The summed E-state index contributed by atoms with van der Waals surface area (Å²) in [6.07, 6.45) is 21.1. The van der Waals surface area contributed by atoms with Crippen molar-refractivity contribution in [3.05, 3.63) is 97.5 Å². The fourth-order valence-electron chi connectivity index (χ4n) is 9.52. The number of fused-ring (bicyclic) bond motifs is 5. The average Bonchev–Trinajstić information content (AvgIpc) is 3.92. The van der Waals surface area contributed by atoms with E-state index in [4.69, 9.17) is 19.7 Å². The molecule has 4 N–H and O–H groups in total. The van der Waals surface area contributed by atoms with E-state index in [1.165, 1.54) is 44.1 Å². The Morgan fingerprint density at radius 3 is 2.11 bits per heavy atom. The van der Waals surface area contributed by atoms with E-state index in [1.54, 1.807) is 19.1 Å². The summed E-state index contributed by atoms with van der Waals surface area (Å²) >= 11 is 0. The Labute approximate surface area is 386 Å². The van der Waals surface area contributed by atoms with Crippen LogP contribution in [0.25, 0.3) is 18.2 Å². The highest BCUT2D eigenvalue weighted by molar-refractivity contribution is 6.40. The lowest BCUT2D eigenvalue weighted by molar-refractivity contribution is -0.142. The molecule has 350 valence electrons. The number of nitrogens with zero attached hydrogens (tertiary/aromatic N) is 3. The Kier molecular flexibility index (Phi) is 17.5. The quantitative estimate of drug-likeness (QED) is 0.0411. The van der Waals surface area contributed by atoms with Gasteiger partial charge in [-0.3, -0.25) is 9.79 Å². The summed E-state index contributed by atoms with van der Waals surface area (Å²) in [4.78, 5) is 57.3. The van der Waals surface area contributed by atoms with Gasteiger partial charge in [-0.05, 0) is 118 Å². The van der Waals surface area contributed by atoms with Crippen molar-refractivity contribution < 1.29 is 34.4 Å². The van der Waals surface area contributed by atoms with E-state index in [9.17, 15) is 29.7 Å². The smallest absolute Gasteiger partial charge is 0.371 e. The lowest BCUT2D eigenvalue weighted by Crippen LogP contribution is -2.28. The lowest BCUT2D eigenvalue weighted by Gasteiger charge is -2.20. The van der Waals surface area contributed by atoms with Gasteiger partial charge in [0.15, 0.2) is 0 Å². The Morgan fingerprint density at radius 2 is 1.49 bits per heavy atom. The number of aliphatic imine (C=N–C) groups is 3. The molecule has 11 heteroatoms. The van der Waals surface area contributed by atoms with E-state index in [2.05, 4.69) is 46.2 Å². The van der Waals surface area contributed by atoms with Crippen molar-refractivity contribution in [2.75, 3.05) is 6.61 Å². The summed E-state index contributed by atoms with van der Waals surface area (Å²) in [5.74, 6) is -3.28. The fourth-order valence-corrected chi connectivity index (χ4v) is 9.52. The summed E-state index contributed by atoms with van der Waals surface area (Å²) in [5, 5.41) is 32.3. The van der Waals surface area contributed by atoms with Crippen LogP contribution in [0.3, 0.4) is 0 Å². The molecule has 0 spiro atoms. The van der Waals surface area contributed by atoms with Crippen molar-refractivity contribution >= 4 is 53.3 Å². The number of aliphatic hydroxyl groups excluding tert-OH is 1. The largest absolute Gasteiger partial charge is 0.501 e. The molecule has 0 saturated heterocycles. The third kappa shape index (κ3) is 12.2. The summed E-state index contributed by atoms with van der Waals surface area (Å²) < 4.78 is 5.69. The summed E-state index contributed by atoms with van der Waals surface area (Å²) in [7, 11) is 0. The standard InChI is InChI=1S/C54H72N4O7/c1-12-38-34(8)41-27-43-36(10)40(23-24-47(59)65-26-25-33(7)22-16-21-32(6)20-15-19-31(5)18-14-17-30(3)4)50(57-43)49(52(60)54(63)64)51-48(53(61)62)37(11)44(58-51)29-46-39(13-2)35(9)42(56-46)28-45(38)55-41/h12,25,27-32,36,40,55,60H,1,13-24,26H2,2-11H3,(H,61,62)(H,63,64)/b33-25+,42-28?,43-27?,44-29?,52-49-/t31-,32-,36+,40+/m1/s1. The number of ether oxygens (including phenoxy) is 1. The van der Waals surface area contributed by atoms with Crippen molar-refractivity contribution in [3.8, 4) is 0 Å². The highest BCUT2D eigenvalue weighted by Crippen LogP contribution is 2.42. The topological polar surface area (TPSA) is 174 Å². The van der Waals surface area contributed by atoms with Crippen molar-refractivity contribution in [1.29, 1.82) is 0 Å². The monoisotopic (exact) mass is 889 g/mol. The molecule has 0 aliphatic carbocycles. The van der Waals surface area contributed by atoms with Crippen LogP contribution in [-0.2, 0) is 19.1 Å². The number of aliphatic hydroxyl groups is 1. The van der Waals surface area contributed by atoms with Gasteiger partial charge in [-0.15, -0.1) is 0 Å². The Morgan fingerprint density at radius 1 is 0.846 bits per heavy atom. The predicted molar refractivity (Wildman–Crippen MR) is 264 cm³/mol. The number of esters is 1. The molecular weight excluding hydrogens is 817 g/mol. The maximum Gasteiger partial charge on any atom is 0.371 e. The molecular formula is C54H72N4O7. The molecule has 4 aliphatic rings. The lowest BCUT2D eigenvalue weighted by atomic mass is 9.81. The second kappa shape index (κ2) is 22.6. The second-order valence-electron chi connectivity index (χ2n) is 19.1. The van der Waals surface area contributed by atoms with Crippen LogP contribution >= 0.6 is 0 Å². The zero-order chi connectivity index (χ0) is 47.7. The molecule has 8 bridgehead atoms. The molecule has 0 amide bonds. The molecule has 11 nitrogen and oxygen atoms in total. The number of carboxylic acid groups (broad SMARTS) is 2. The highest BCUT2D eigenvalue weighted by atomic mass is 16.5. The number of aromatic amines is 1. The van der Waals surface area contributed by atoms with E-state index in [0.29, 0.717) is 23.7 Å². The van der Waals surface area contributed by atoms with E-state index >= 15 is 0 Å². The van der Waals surface area contributed by atoms with Gasteiger partial charge in [-0.2, -0.15) is 0 Å². The zero-order valence-corrected chi connectivity index (χ0v) is 40.5. The molecule has 0 aromatic carbocycles. The Balaban J connectivity index is 1.37. The minimum Gasteiger partial charge on any atom is -0.501 e. The highest BCUT2D eigenvalue weighted by Gasteiger charge is 2.42. The number of hydrogen-bond acceptors (Lipinski definition) is 8. The number of rotatable bonds is 21. The summed E-state index contributed by atoms with van der Waals surface area (Å²) in [6.45, 7) is 25.1. The van der Waals surface area contributed by atoms with E-state index in [0.717, 1.165) is 70.5 Å². The molecule has 1 aromatic heterocycles. The van der Waals surface area contributed by atoms with Gasteiger partial charge >= 0.3 is 17.9 Å².